The molecule has 0 unspecified atom stereocenters. The summed E-state index contributed by atoms with van der Waals surface area (Å²) in [6.45, 7) is 6.15. The van der Waals surface area contributed by atoms with Crippen LogP contribution in [0.2, 0.25) is 13.1 Å². The van der Waals surface area contributed by atoms with Crippen molar-refractivity contribution >= 4 is 20.7 Å². The van der Waals surface area contributed by atoms with E-state index in [0.29, 0.717) is 12.8 Å². The Morgan fingerprint density at radius 1 is 1.14 bits per heavy atom. The van der Waals surface area contributed by atoms with Crippen LogP contribution in [0.1, 0.15) is 6.92 Å². The SMILES string of the molecule is CCOC(=O)/C=C/C(=O)OC[SiH](C)C. The van der Waals surface area contributed by atoms with Crippen molar-refractivity contribution in [1.82, 2.24) is 0 Å². The standard InChI is InChI=1S/C9H16O4Si/c1-4-12-8(10)5-6-9(11)13-7-14(2)3/h5-6,14H,4,7H2,1-3H3/b6-5+. The van der Waals surface area contributed by atoms with E-state index in [9.17, 15) is 9.59 Å². The van der Waals surface area contributed by atoms with E-state index in [0.717, 1.165) is 12.2 Å². The first kappa shape index (κ1) is 12.9. The smallest absolute Gasteiger partial charge is 0.330 e. The summed E-state index contributed by atoms with van der Waals surface area (Å²) >= 11 is 0. The lowest BCUT2D eigenvalue weighted by Gasteiger charge is -2.02. The predicted octanol–water partition coefficient (Wildman–Crippen LogP) is 0.675. The topological polar surface area (TPSA) is 52.6 Å². The molecule has 0 radical (unpaired) electrons. The Hall–Kier alpha value is -1.10. The quantitative estimate of drug-likeness (QED) is 0.385. The van der Waals surface area contributed by atoms with E-state index in [1.54, 1.807) is 6.92 Å². The molecule has 0 aliphatic heterocycles. The third-order valence-electron chi connectivity index (χ3n) is 1.20. The molecule has 0 aromatic rings. The van der Waals surface area contributed by atoms with Crippen molar-refractivity contribution in [3.63, 3.8) is 0 Å². The van der Waals surface area contributed by atoms with Gasteiger partial charge in [0.25, 0.3) is 0 Å². The molecule has 0 heterocycles. The molecule has 4 nitrogen and oxygen atoms in total. The number of hydrogen-bond donors (Lipinski definition) is 0. The summed E-state index contributed by atoms with van der Waals surface area (Å²) in [7, 11) is -0.883. The van der Waals surface area contributed by atoms with Gasteiger partial charge in [0, 0.05) is 12.2 Å². The molecule has 0 saturated carbocycles. The first-order valence-electron chi connectivity index (χ1n) is 4.57. The molecule has 0 amide bonds. The van der Waals surface area contributed by atoms with Gasteiger partial charge in [0.1, 0.15) is 0 Å². The van der Waals surface area contributed by atoms with Crippen molar-refractivity contribution in [2.45, 2.75) is 20.0 Å². The van der Waals surface area contributed by atoms with Gasteiger partial charge in [0.05, 0.1) is 21.6 Å². The van der Waals surface area contributed by atoms with Crippen molar-refractivity contribution in [2.24, 2.45) is 0 Å². The van der Waals surface area contributed by atoms with Crippen LogP contribution in [0.25, 0.3) is 0 Å². The lowest BCUT2D eigenvalue weighted by molar-refractivity contribution is -0.139. The van der Waals surface area contributed by atoms with Gasteiger partial charge in [-0.05, 0) is 6.92 Å². The highest BCUT2D eigenvalue weighted by Gasteiger charge is 2.02. The summed E-state index contributed by atoms with van der Waals surface area (Å²) < 4.78 is 9.45. The van der Waals surface area contributed by atoms with Crippen LogP contribution in [0.4, 0.5) is 0 Å². The third-order valence-corrected chi connectivity index (χ3v) is 2.03. The maximum Gasteiger partial charge on any atom is 0.330 e. The Bertz CT molecular complexity index is 223. The van der Waals surface area contributed by atoms with Crippen molar-refractivity contribution in [2.75, 3.05) is 12.8 Å². The van der Waals surface area contributed by atoms with E-state index in [2.05, 4.69) is 17.8 Å². The van der Waals surface area contributed by atoms with Gasteiger partial charge >= 0.3 is 11.9 Å². The van der Waals surface area contributed by atoms with Gasteiger partial charge in [-0.25, -0.2) is 9.59 Å². The minimum absolute atomic E-state index is 0.303. The maximum atomic E-state index is 11.0. The number of esters is 2. The number of rotatable bonds is 5. The largest absolute Gasteiger partial charge is 0.467 e. The van der Waals surface area contributed by atoms with Crippen LogP contribution in [0, 0.1) is 0 Å². The first-order valence-corrected chi connectivity index (χ1v) is 7.70. The summed E-state index contributed by atoms with van der Waals surface area (Å²) in [5, 5.41) is 0. The molecule has 0 fully saturated rings. The van der Waals surface area contributed by atoms with Gasteiger partial charge in [0.2, 0.25) is 0 Å². The maximum absolute atomic E-state index is 11.0. The second-order valence-corrected chi connectivity index (χ2v) is 6.23. The number of carbonyl (C=O) groups is 2. The molecule has 0 atom stereocenters. The molecule has 0 aliphatic carbocycles. The van der Waals surface area contributed by atoms with E-state index < -0.39 is 20.7 Å². The van der Waals surface area contributed by atoms with Gasteiger partial charge in [-0.15, -0.1) is 0 Å². The third kappa shape index (κ3) is 7.54. The Kier molecular flexibility index (Phi) is 6.74. The zero-order chi connectivity index (χ0) is 11.0. The highest BCUT2D eigenvalue weighted by molar-refractivity contribution is 6.55. The molecule has 0 aliphatic rings. The van der Waals surface area contributed by atoms with Gasteiger partial charge < -0.3 is 9.47 Å². The fourth-order valence-corrected chi connectivity index (χ4v) is 1.12. The molecular formula is C9H16O4Si. The zero-order valence-electron chi connectivity index (χ0n) is 8.78. The number of carbonyl (C=O) groups excluding carboxylic acids is 2. The molecule has 0 aromatic heterocycles. The minimum atomic E-state index is -0.883. The molecule has 5 heteroatoms. The van der Waals surface area contributed by atoms with Crippen LogP contribution >= 0.6 is 0 Å². The average Bonchev–Trinajstić information content (AvgIpc) is 2.12. The van der Waals surface area contributed by atoms with E-state index in [-0.39, 0.29) is 0 Å². The summed E-state index contributed by atoms with van der Waals surface area (Å²) in [5.74, 6) is -1.01. The molecule has 0 saturated heterocycles. The zero-order valence-corrected chi connectivity index (χ0v) is 9.93. The molecule has 0 spiro atoms. The van der Waals surface area contributed by atoms with Crippen molar-refractivity contribution in [3.8, 4) is 0 Å². The van der Waals surface area contributed by atoms with E-state index in [1.165, 1.54) is 0 Å². The fourth-order valence-electron chi connectivity index (χ4n) is 0.623. The van der Waals surface area contributed by atoms with Crippen LogP contribution in [0.15, 0.2) is 12.2 Å². The van der Waals surface area contributed by atoms with Crippen LogP contribution < -0.4 is 0 Å². The van der Waals surface area contributed by atoms with Crippen LogP contribution in [0.3, 0.4) is 0 Å². The highest BCUT2D eigenvalue weighted by Crippen LogP contribution is 1.87. The van der Waals surface area contributed by atoms with Crippen LogP contribution in [-0.2, 0) is 19.1 Å². The van der Waals surface area contributed by atoms with Gasteiger partial charge in [0.15, 0.2) is 0 Å². The Morgan fingerprint density at radius 2 is 1.64 bits per heavy atom. The van der Waals surface area contributed by atoms with E-state index in [4.69, 9.17) is 4.74 Å². The summed E-state index contributed by atoms with van der Waals surface area (Å²) in [4.78, 5) is 21.7. The van der Waals surface area contributed by atoms with Crippen molar-refractivity contribution in [3.05, 3.63) is 12.2 Å². The van der Waals surface area contributed by atoms with Gasteiger partial charge in [-0.3, -0.25) is 0 Å². The second-order valence-electron chi connectivity index (χ2n) is 3.11. The molecule has 0 N–H and O–H groups in total. The number of hydrogen-bond acceptors (Lipinski definition) is 4. The first-order chi connectivity index (χ1) is 6.56. The summed E-state index contributed by atoms with van der Waals surface area (Å²) in [6, 6.07) is 0. The van der Waals surface area contributed by atoms with Crippen molar-refractivity contribution < 1.29 is 19.1 Å². The summed E-state index contributed by atoms with van der Waals surface area (Å²) in [5.41, 5.74) is 0. The normalized spacial score (nSPS) is 10.6. The molecule has 0 bridgehead atoms. The van der Waals surface area contributed by atoms with Crippen LogP contribution in [-0.4, -0.2) is 33.6 Å². The molecule has 14 heavy (non-hydrogen) atoms. The monoisotopic (exact) mass is 216 g/mol. The highest BCUT2D eigenvalue weighted by atomic mass is 28.3. The Labute approximate surface area is 85.5 Å². The molecule has 0 aromatic carbocycles. The average molecular weight is 216 g/mol. The molecule has 80 valence electrons. The Morgan fingerprint density at radius 3 is 2.07 bits per heavy atom. The van der Waals surface area contributed by atoms with Gasteiger partial charge in [-0.1, -0.05) is 13.1 Å². The fraction of sp³-hybridized carbons (Fsp3) is 0.556. The van der Waals surface area contributed by atoms with E-state index in [1.807, 2.05) is 0 Å². The Balaban J connectivity index is 3.76. The van der Waals surface area contributed by atoms with Crippen molar-refractivity contribution in [1.29, 1.82) is 0 Å². The van der Waals surface area contributed by atoms with Crippen LogP contribution in [0.5, 0.6) is 0 Å². The minimum Gasteiger partial charge on any atom is -0.467 e. The number of ether oxygens (including phenoxy) is 2. The molecular weight excluding hydrogens is 200 g/mol. The molecule has 0 rings (SSSR count). The van der Waals surface area contributed by atoms with Gasteiger partial charge in [-0.2, -0.15) is 0 Å². The second kappa shape index (κ2) is 7.31. The lowest BCUT2D eigenvalue weighted by Crippen LogP contribution is -2.15. The lowest BCUT2D eigenvalue weighted by atomic mass is 10.5. The summed E-state index contributed by atoms with van der Waals surface area (Å²) in [6.07, 6.45) is 2.66. The predicted molar refractivity (Wildman–Crippen MR) is 55.6 cm³/mol. The van der Waals surface area contributed by atoms with E-state index >= 15 is 0 Å².